The number of hydrogen-bond acceptors (Lipinski definition) is 3. The van der Waals surface area contributed by atoms with E-state index in [2.05, 4.69) is 20.1 Å². The largest absolute Gasteiger partial charge is 0.391 e. The van der Waals surface area contributed by atoms with Crippen LogP contribution in [0.15, 0.2) is 4.99 Å². The predicted molar refractivity (Wildman–Crippen MR) is 119 cm³/mol. The molecule has 1 aliphatic carbocycles. The molecule has 3 aliphatic rings. The highest BCUT2D eigenvalue weighted by Crippen LogP contribution is 2.26. The van der Waals surface area contributed by atoms with E-state index in [1.54, 1.807) is 0 Å². The van der Waals surface area contributed by atoms with E-state index < -0.39 is 0 Å². The molecule has 0 bridgehead atoms. The average molecular weight is 478 g/mol. The van der Waals surface area contributed by atoms with Gasteiger partial charge in [-0.1, -0.05) is 25.7 Å². The lowest BCUT2D eigenvalue weighted by atomic mass is 9.85. The molecule has 2 unspecified atom stereocenters. The number of guanidine groups is 1. The van der Waals surface area contributed by atoms with E-state index in [1.165, 1.54) is 77.4 Å². The Bertz CT molecular complexity index is 422. The molecule has 2 atom stereocenters. The lowest BCUT2D eigenvalue weighted by Crippen LogP contribution is -2.45. The van der Waals surface area contributed by atoms with Crippen LogP contribution in [0.25, 0.3) is 0 Å². The van der Waals surface area contributed by atoms with Gasteiger partial charge in [0.05, 0.1) is 6.10 Å². The van der Waals surface area contributed by atoms with Crippen molar-refractivity contribution in [1.82, 2.24) is 15.1 Å². The van der Waals surface area contributed by atoms with Crippen LogP contribution in [0.2, 0.25) is 0 Å². The van der Waals surface area contributed by atoms with Gasteiger partial charge in [-0.25, -0.2) is 0 Å². The highest BCUT2D eigenvalue weighted by Gasteiger charge is 2.28. The second kappa shape index (κ2) is 11.7. The van der Waals surface area contributed by atoms with Crippen LogP contribution >= 0.6 is 24.0 Å². The van der Waals surface area contributed by atoms with Gasteiger partial charge in [-0.3, -0.25) is 4.99 Å². The zero-order valence-corrected chi connectivity index (χ0v) is 18.9. The first kappa shape index (κ1) is 22.2. The van der Waals surface area contributed by atoms with Gasteiger partial charge in [0.15, 0.2) is 5.96 Å². The maximum absolute atomic E-state index is 10.5. The number of piperidine rings is 1. The third-order valence-corrected chi connectivity index (χ3v) is 6.43. The Morgan fingerprint density at radius 2 is 1.73 bits per heavy atom. The van der Waals surface area contributed by atoms with Crippen molar-refractivity contribution >= 4 is 29.9 Å². The number of aliphatic hydroxyl groups is 1. The SMILES string of the molecule is CN=C(NCC(O)C1CCCCC1)N1CCC(CN2CCCCC2)C1.I. The van der Waals surface area contributed by atoms with Gasteiger partial charge in [-0.15, -0.1) is 24.0 Å². The van der Waals surface area contributed by atoms with Gasteiger partial charge in [0.25, 0.3) is 0 Å². The highest BCUT2D eigenvalue weighted by molar-refractivity contribution is 14.0. The topological polar surface area (TPSA) is 51.1 Å². The van der Waals surface area contributed by atoms with Crippen molar-refractivity contribution in [2.75, 3.05) is 46.3 Å². The molecule has 152 valence electrons. The van der Waals surface area contributed by atoms with Crippen LogP contribution < -0.4 is 5.32 Å². The molecule has 3 rings (SSSR count). The van der Waals surface area contributed by atoms with E-state index in [4.69, 9.17) is 0 Å². The number of likely N-dealkylation sites (tertiary alicyclic amines) is 2. The summed E-state index contributed by atoms with van der Waals surface area (Å²) < 4.78 is 0. The fourth-order valence-electron chi connectivity index (χ4n) is 4.89. The van der Waals surface area contributed by atoms with Crippen LogP contribution in [0.4, 0.5) is 0 Å². The second-order valence-corrected chi connectivity index (χ2v) is 8.36. The molecule has 0 amide bonds. The summed E-state index contributed by atoms with van der Waals surface area (Å²) >= 11 is 0. The summed E-state index contributed by atoms with van der Waals surface area (Å²) in [4.78, 5) is 9.52. The fraction of sp³-hybridized carbons (Fsp3) is 0.950. The minimum absolute atomic E-state index is 0. The van der Waals surface area contributed by atoms with Gasteiger partial charge in [0, 0.05) is 33.2 Å². The van der Waals surface area contributed by atoms with Gasteiger partial charge in [-0.05, 0) is 57.0 Å². The Kier molecular flexibility index (Phi) is 9.99. The van der Waals surface area contributed by atoms with Gasteiger partial charge in [0.1, 0.15) is 0 Å². The predicted octanol–water partition coefficient (Wildman–Crippen LogP) is 2.93. The number of nitrogens with one attached hydrogen (secondary N) is 1. The van der Waals surface area contributed by atoms with Crippen molar-refractivity contribution in [3.8, 4) is 0 Å². The molecular weight excluding hydrogens is 439 g/mol. The lowest BCUT2D eigenvalue weighted by Gasteiger charge is -2.30. The summed E-state index contributed by atoms with van der Waals surface area (Å²) in [6.07, 6.45) is 11.5. The number of hydrogen-bond donors (Lipinski definition) is 2. The third kappa shape index (κ3) is 6.51. The number of nitrogens with zero attached hydrogens (tertiary/aromatic N) is 3. The maximum atomic E-state index is 10.5. The van der Waals surface area contributed by atoms with E-state index in [-0.39, 0.29) is 30.1 Å². The van der Waals surface area contributed by atoms with Crippen LogP contribution in [0.1, 0.15) is 57.8 Å². The molecule has 0 aromatic heterocycles. The minimum Gasteiger partial charge on any atom is -0.391 e. The molecule has 2 N–H and O–H groups in total. The zero-order chi connectivity index (χ0) is 17.5. The average Bonchev–Trinajstić information content (AvgIpc) is 3.12. The molecule has 0 spiro atoms. The molecule has 3 fully saturated rings. The molecular formula is C20H39IN4O. The van der Waals surface area contributed by atoms with Crippen molar-refractivity contribution in [3.05, 3.63) is 0 Å². The first-order chi connectivity index (χ1) is 12.3. The summed E-state index contributed by atoms with van der Waals surface area (Å²) in [5.41, 5.74) is 0. The van der Waals surface area contributed by atoms with Crippen molar-refractivity contribution in [2.24, 2.45) is 16.8 Å². The first-order valence-corrected chi connectivity index (χ1v) is 10.6. The lowest BCUT2D eigenvalue weighted by molar-refractivity contribution is 0.0874. The highest BCUT2D eigenvalue weighted by atomic mass is 127. The smallest absolute Gasteiger partial charge is 0.193 e. The van der Waals surface area contributed by atoms with E-state index in [0.717, 1.165) is 25.0 Å². The number of aliphatic hydroxyl groups excluding tert-OH is 1. The summed E-state index contributed by atoms with van der Waals surface area (Å²) in [6.45, 7) is 6.67. The standard InChI is InChI=1S/C20H38N4O.HI/c1-21-20(22-14-19(25)18-8-4-2-5-9-18)24-13-10-17(16-24)15-23-11-6-3-7-12-23;/h17-19,25H,2-16H2,1H3,(H,21,22);1H. The van der Waals surface area contributed by atoms with Crippen LogP contribution in [-0.4, -0.2) is 73.3 Å². The van der Waals surface area contributed by atoms with Crippen molar-refractivity contribution in [2.45, 2.75) is 63.9 Å². The van der Waals surface area contributed by atoms with E-state index >= 15 is 0 Å². The van der Waals surface area contributed by atoms with Crippen LogP contribution in [0.3, 0.4) is 0 Å². The molecule has 2 saturated heterocycles. The number of halogens is 1. The molecule has 0 aromatic carbocycles. The molecule has 5 nitrogen and oxygen atoms in total. The molecule has 0 aromatic rings. The van der Waals surface area contributed by atoms with E-state index in [0.29, 0.717) is 12.5 Å². The molecule has 0 radical (unpaired) electrons. The maximum Gasteiger partial charge on any atom is 0.193 e. The zero-order valence-electron chi connectivity index (χ0n) is 16.5. The quantitative estimate of drug-likeness (QED) is 0.363. The van der Waals surface area contributed by atoms with Gasteiger partial charge in [-0.2, -0.15) is 0 Å². The van der Waals surface area contributed by atoms with Gasteiger partial charge < -0.3 is 20.2 Å². The molecule has 6 heteroatoms. The Morgan fingerprint density at radius 3 is 2.42 bits per heavy atom. The molecule has 2 heterocycles. The minimum atomic E-state index is -0.233. The van der Waals surface area contributed by atoms with Crippen molar-refractivity contribution in [3.63, 3.8) is 0 Å². The first-order valence-electron chi connectivity index (χ1n) is 10.6. The molecule has 1 saturated carbocycles. The summed E-state index contributed by atoms with van der Waals surface area (Å²) in [5, 5.41) is 13.9. The van der Waals surface area contributed by atoms with Crippen LogP contribution in [-0.2, 0) is 0 Å². The van der Waals surface area contributed by atoms with E-state index in [1.807, 2.05) is 7.05 Å². The number of aliphatic imine (C=N–C) groups is 1. The van der Waals surface area contributed by atoms with Gasteiger partial charge >= 0.3 is 0 Å². The third-order valence-electron chi connectivity index (χ3n) is 6.43. The van der Waals surface area contributed by atoms with Crippen molar-refractivity contribution in [1.29, 1.82) is 0 Å². The van der Waals surface area contributed by atoms with Crippen LogP contribution in [0.5, 0.6) is 0 Å². The van der Waals surface area contributed by atoms with Gasteiger partial charge in [0.2, 0.25) is 0 Å². The second-order valence-electron chi connectivity index (χ2n) is 8.36. The normalized spacial score (nSPS) is 27.2. The Balaban J connectivity index is 0.00000243. The Morgan fingerprint density at radius 1 is 1.04 bits per heavy atom. The molecule has 26 heavy (non-hydrogen) atoms. The number of rotatable bonds is 5. The monoisotopic (exact) mass is 478 g/mol. The Hall–Kier alpha value is -0.0800. The summed E-state index contributed by atoms with van der Waals surface area (Å²) in [6, 6.07) is 0. The summed E-state index contributed by atoms with van der Waals surface area (Å²) in [5.74, 6) is 2.22. The van der Waals surface area contributed by atoms with E-state index in [9.17, 15) is 5.11 Å². The molecule has 2 aliphatic heterocycles. The fourth-order valence-corrected chi connectivity index (χ4v) is 4.89. The Labute approximate surface area is 177 Å². The van der Waals surface area contributed by atoms with Crippen LogP contribution in [0, 0.1) is 11.8 Å². The summed E-state index contributed by atoms with van der Waals surface area (Å²) in [7, 11) is 1.87. The van der Waals surface area contributed by atoms with Crippen molar-refractivity contribution < 1.29 is 5.11 Å².